The van der Waals surface area contributed by atoms with Crippen LogP contribution < -0.4 is 5.32 Å². The van der Waals surface area contributed by atoms with Crippen molar-refractivity contribution < 1.29 is 14.5 Å². The summed E-state index contributed by atoms with van der Waals surface area (Å²) in [6.07, 6.45) is 1.56. The molecule has 7 heteroatoms. The highest BCUT2D eigenvalue weighted by Crippen LogP contribution is 2.32. The first-order valence-corrected chi connectivity index (χ1v) is 5.46. The van der Waals surface area contributed by atoms with E-state index in [1.54, 1.807) is 24.4 Å². The Morgan fingerprint density at radius 1 is 1.47 bits per heavy atom. The van der Waals surface area contributed by atoms with Crippen molar-refractivity contribution in [2.24, 2.45) is 0 Å². The Bertz CT molecular complexity index is 642. The number of esters is 1. The fraction of sp³-hybridized carbons (Fsp3) is 0.167. The molecule has 0 fully saturated rings. The van der Waals surface area contributed by atoms with E-state index in [1.807, 2.05) is 0 Å². The number of hydrogen-bond donors (Lipinski definition) is 1. The molecule has 0 unspecified atom stereocenters. The van der Waals surface area contributed by atoms with E-state index in [2.05, 4.69) is 15.0 Å². The van der Waals surface area contributed by atoms with Gasteiger partial charge in [0, 0.05) is 6.20 Å². The zero-order valence-corrected chi connectivity index (χ0v) is 10.1. The lowest BCUT2D eigenvalue weighted by Crippen LogP contribution is -2.15. The van der Waals surface area contributed by atoms with Gasteiger partial charge >= 0.3 is 11.7 Å². The Kier molecular flexibility index (Phi) is 3.56. The van der Waals surface area contributed by atoms with Gasteiger partial charge < -0.3 is 10.1 Å². The SMILES string of the molecule is COC(=O)CNc1ccc2ncccc2c1[N+](=O)[O-]. The van der Waals surface area contributed by atoms with Gasteiger partial charge in [-0.2, -0.15) is 0 Å². The van der Waals surface area contributed by atoms with Crippen molar-refractivity contribution >= 4 is 28.2 Å². The molecule has 2 aromatic rings. The van der Waals surface area contributed by atoms with Gasteiger partial charge in [0.25, 0.3) is 0 Å². The largest absolute Gasteiger partial charge is 0.468 e. The minimum absolute atomic E-state index is 0.102. The predicted octanol–water partition coefficient (Wildman–Crippen LogP) is 1.73. The number of carbonyl (C=O) groups excluding carboxylic acids is 1. The molecule has 1 N–H and O–H groups in total. The molecule has 1 aromatic carbocycles. The van der Waals surface area contributed by atoms with E-state index in [9.17, 15) is 14.9 Å². The second-order valence-electron chi connectivity index (χ2n) is 3.72. The van der Waals surface area contributed by atoms with Crippen molar-refractivity contribution in [3.63, 3.8) is 0 Å². The molecule has 0 bridgehead atoms. The number of nitro groups is 1. The van der Waals surface area contributed by atoms with Crippen molar-refractivity contribution in [3.8, 4) is 0 Å². The average Bonchev–Trinajstić information content (AvgIpc) is 2.43. The van der Waals surface area contributed by atoms with Gasteiger partial charge in [-0.05, 0) is 24.3 Å². The Labute approximate surface area is 108 Å². The minimum atomic E-state index is -0.499. The lowest BCUT2D eigenvalue weighted by molar-refractivity contribution is -0.382. The van der Waals surface area contributed by atoms with Crippen molar-refractivity contribution in [3.05, 3.63) is 40.6 Å². The van der Waals surface area contributed by atoms with Crippen LogP contribution in [0.4, 0.5) is 11.4 Å². The normalized spacial score (nSPS) is 10.2. The van der Waals surface area contributed by atoms with Crippen molar-refractivity contribution in [1.82, 2.24) is 4.98 Å². The third kappa shape index (κ3) is 2.59. The molecule has 0 aliphatic heterocycles. The molecule has 1 heterocycles. The molecule has 0 radical (unpaired) electrons. The summed E-state index contributed by atoms with van der Waals surface area (Å²) in [5, 5.41) is 14.3. The summed E-state index contributed by atoms with van der Waals surface area (Å²) in [6.45, 7) is -0.136. The maximum atomic E-state index is 11.2. The summed E-state index contributed by atoms with van der Waals surface area (Å²) in [6, 6.07) is 6.42. The van der Waals surface area contributed by atoms with Crippen LogP contribution in [0.2, 0.25) is 0 Å². The number of fused-ring (bicyclic) bond motifs is 1. The maximum absolute atomic E-state index is 11.2. The van der Waals surface area contributed by atoms with E-state index in [0.29, 0.717) is 10.9 Å². The number of methoxy groups -OCH3 is 1. The maximum Gasteiger partial charge on any atom is 0.325 e. The molecular weight excluding hydrogens is 250 g/mol. The standard InChI is InChI=1S/C12H11N3O4/c1-19-11(16)7-14-10-5-4-9-8(3-2-6-13-9)12(10)15(17)18/h2-6,14H,7H2,1H3. The quantitative estimate of drug-likeness (QED) is 0.511. The number of nitrogens with one attached hydrogen (secondary N) is 1. The number of nitrogens with zero attached hydrogens (tertiary/aromatic N) is 2. The zero-order valence-electron chi connectivity index (χ0n) is 10.1. The van der Waals surface area contributed by atoms with Gasteiger partial charge in [0.05, 0.1) is 22.9 Å². The van der Waals surface area contributed by atoms with Crippen molar-refractivity contribution in [1.29, 1.82) is 0 Å². The topological polar surface area (TPSA) is 94.4 Å². The molecule has 98 valence electrons. The number of carbonyl (C=O) groups is 1. The smallest absolute Gasteiger partial charge is 0.325 e. The van der Waals surface area contributed by atoms with Crippen LogP contribution in [0, 0.1) is 10.1 Å². The number of ether oxygens (including phenoxy) is 1. The van der Waals surface area contributed by atoms with Gasteiger partial charge in [0.15, 0.2) is 0 Å². The summed E-state index contributed by atoms with van der Waals surface area (Å²) in [7, 11) is 1.25. The molecule has 0 amide bonds. The summed E-state index contributed by atoms with van der Waals surface area (Å²) in [5.74, 6) is -0.499. The van der Waals surface area contributed by atoms with E-state index in [4.69, 9.17) is 0 Å². The fourth-order valence-electron chi connectivity index (χ4n) is 1.72. The summed E-state index contributed by atoms with van der Waals surface area (Å²) < 4.78 is 4.48. The van der Waals surface area contributed by atoms with E-state index in [-0.39, 0.29) is 17.9 Å². The second-order valence-corrected chi connectivity index (χ2v) is 3.72. The van der Waals surface area contributed by atoms with E-state index in [1.165, 1.54) is 13.2 Å². The summed E-state index contributed by atoms with van der Waals surface area (Å²) in [4.78, 5) is 25.8. The molecule has 19 heavy (non-hydrogen) atoms. The van der Waals surface area contributed by atoms with Crippen molar-refractivity contribution in [2.45, 2.75) is 0 Å². The van der Waals surface area contributed by atoms with Gasteiger partial charge in [0.1, 0.15) is 12.2 Å². The molecule has 1 aromatic heterocycles. The molecule has 0 saturated heterocycles. The molecular formula is C12H11N3O4. The molecule has 0 aliphatic carbocycles. The first kappa shape index (κ1) is 12.7. The van der Waals surface area contributed by atoms with Crippen LogP contribution in [0.5, 0.6) is 0 Å². The van der Waals surface area contributed by atoms with Gasteiger partial charge in [0.2, 0.25) is 0 Å². The highest BCUT2D eigenvalue weighted by Gasteiger charge is 2.19. The Balaban J connectivity index is 2.46. The number of nitro benzene ring substituents is 1. The van der Waals surface area contributed by atoms with Crippen LogP contribution in [0.1, 0.15) is 0 Å². The van der Waals surface area contributed by atoms with Gasteiger partial charge in [-0.15, -0.1) is 0 Å². The zero-order chi connectivity index (χ0) is 13.8. The Morgan fingerprint density at radius 2 is 2.26 bits per heavy atom. The number of anilines is 1. The van der Waals surface area contributed by atoms with E-state index in [0.717, 1.165) is 0 Å². The highest BCUT2D eigenvalue weighted by molar-refractivity contribution is 5.94. The number of benzene rings is 1. The van der Waals surface area contributed by atoms with Crippen molar-refractivity contribution in [2.75, 3.05) is 19.0 Å². The predicted molar refractivity (Wildman–Crippen MR) is 68.9 cm³/mol. The van der Waals surface area contributed by atoms with Crippen LogP contribution >= 0.6 is 0 Å². The third-order valence-electron chi connectivity index (χ3n) is 2.59. The number of rotatable bonds is 4. The average molecular weight is 261 g/mol. The van der Waals surface area contributed by atoms with Gasteiger partial charge in [-0.25, -0.2) is 0 Å². The van der Waals surface area contributed by atoms with E-state index < -0.39 is 10.9 Å². The first-order valence-electron chi connectivity index (χ1n) is 5.46. The summed E-state index contributed by atoms with van der Waals surface area (Å²) >= 11 is 0. The van der Waals surface area contributed by atoms with Gasteiger partial charge in [-0.1, -0.05) is 0 Å². The molecule has 0 saturated carbocycles. The molecule has 2 rings (SSSR count). The lowest BCUT2D eigenvalue weighted by atomic mass is 10.1. The van der Waals surface area contributed by atoms with Crippen LogP contribution in [-0.4, -0.2) is 29.5 Å². The van der Waals surface area contributed by atoms with Crippen LogP contribution in [0.3, 0.4) is 0 Å². The van der Waals surface area contributed by atoms with Crippen LogP contribution in [0.15, 0.2) is 30.5 Å². The first-order chi connectivity index (χ1) is 9.13. The summed E-state index contributed by atoms with van der Waals surface area (Å²) in [5.41, 5.74) is 0.684. The molecule has 0 spiro atoms. The highest BCUT2D eigenvalue weighted by atomic mass is 16.6. The Morgan fingerprint density at radius 3 is 2.95 bits per heavy atom. The van der Waals surface area contributed by atoms with Gasteiger partial charge in [-0.3, -0.25) is 19.9 Å². The number of hydrogen-bond acceptors (Lipinski definition) is 6. The monoisotopic (exact) mass is 261 g/mol. The molecule has 0 aliphatic rings. The van der Waals surface area contributed by atoms with Crippen LogP contribution in [-0.2, 0) is 9.53 Å². The lowest BCUT2D eigenvalue weighted by Gasteiger charge is -2.07. The number of pyridine rings is 1. The number of aromatic nitrogens is 1. The minimum Gasteiger partial charge on any atom is -0.468 e. The third-order valence-corrected chi connectivity index (χ3v) is 2.59. The Hall–Kier alpha value is -2.70. The molecule has 0 atom stereocenters. The second kappa shape index (κ2) is 5.30. The van der Waals surface area contributed by atoms with E-state index >= 15 is 0 Å². The fourth-order valence-corrected chi connectivity index (χ4v) is 1.72. The molecule has 7 nitrogen and oxygen atoms in total. The van der Waals surface area contributed by atoms with Crippen LogP contribution in [0.25, 0.3) is 10.9 Å².